The van der Waals surface area contributed by atoms with E-state index >= 15 is 0 Å². The lowest BCUT2D eigenvalue weighted by Crippen LogP contribution is -2.36. The van der Waals surface area contributed by atoms with Gasteiger partial charge < -0.3 is 15.5 Å². The number of carboxylic acid groups (broad SMARTS) is 2. The Morgan fingerprint density at radius 3 is 1.80 bits per heavy atom. The lowest BCUT2D eigenvalue weighted by Gasteiger charge is -2.35. The van der Waals surface area contributed by atoms with Crippen molar-refractivity contribution in [2.75, 3.05) is 0 Å². The molecule has 0 amide bonds. The summed E-state index contributed by atoms with van der Waals surface area (Å²) in [7, 11) is 0. The molecule has 3 N–H and O–H groups in total. The largest absolute Gasteiger partial charge is 0.478 e. The Hall–Kier alpha value is -1.78. The zero-order chi connectivity index (χ0) is 14.9. The quantitative estimate of drug-likeness (QED) is 0.739. The van der Waals surface area contributed by atoms with Crippen molar-refractivity contribution in [1.29, 1.82) is 0 Å². The molecule has 5 nitrogen and oxygen atoms in total. The Morgan fingerprint density at radius 2 is 1.40 bits per heavy atom. The van der Waals surface area contributed by atoms with Crippen LogP contribution in [0, 0.1) is 11.8 Å². The van der Waals surface area contributed by atoms with Gasteiger partial charge in [-0.1, -0.05) is 19.3 Å². The molecule has 20 heavy (non-hydrogen) atoms. The van der Waals surface area contributed by atoms with Gasteiger partial charge in [-0.05, 0) is 32.6 Å². The molecule has 0 aromatic carbocycles. The van der Waals surface area contributed by atoms with Gasteiger partial charge in [0.1, 0.15) is 0 Å². The number of carboxylic acids is 2. The maximum Gasteiger partial charge on any atom is 0.333 e. The molecular weight excluding hydrogens is 258 g/mol. The van der Waals surface area contributed by atoms with Gasteiger partial charge in [0, 0.05) is 17.3 Å². The smallest absolute Gasteiger partial charge is 0.333 e. The lowest BCUT2D eigenvalue weighted by molar-refractivity contribution is -0.134. The Balaban J connectivity index is 2.48. The van der Waals surface area contributed by atoms with Gasteiger partial charge in [0.15, 0.2) is 0 Å². The molecule has 0 atom stereocenters. The van der Waals surface area contributed by atoms with Crippen LogP contribution in [0.25, 0.3) is 0 Å². The number of rotatable bonds is 3. The fourth-order valence-corrected chi connectivity index (χ4v) is 3.55. The molecule has 110 valence electrons. The van der Waals surface area contributed by atoms with Gasteiger partial charge in [-0.25, -0.2) is 9.59 Å². The first-order valence-corrected chi connectivity index (χ1v) is 7.08. The molecule has 1 saturated carbocycles. The maximum absolute atomic E-state index is 11.6. The SMILES string of the molecule is CC1=C(C(=O)O)C(C2CCCCC2)C(C(=O)O)=C(C)N1. The molecule has 1 heterocycles. The van der Waals surface area contributed by atoms with Crippen LogP contribution < -0.4 is 5.32 Å². The summed E-state index contributed by atoms with van der Waals surface area (Å²) in [5.41, 5.74) is 1.57. The van der Waals surface area contributed by atoms with Crippen LogP contribution in [-0.4, -0.2) is 22.2 Å². The summed E-state index contributed by atoms with van der Waals surface area (Å²) in [6, 6.07) is 0. The van der Waals surface area contributed by atoms with E-state index in [0.29, 0.717) is 11.4 Å². The second-order valence-corrected chi connectivity index (χ2v) is 5.69. The van der Waals surface area contributed by atoms with Crippen LogP contribution in [0.2, 0.25) is 0 Å². The predicted molar refractivity (Wildman–Crippen MR) is 73.9 cm³/mol. The average Bonchev–Trinajstić information content (AvgIpc) is 2.37. The van der Waals surface area contributed by atoms with Crippen molar-refractivity contribution in [2.24, 2.45) is 11.8 Å². The molecule has 0 spiro atoms. The van der Waals surface area contributed by atoms with Gasteiger partial charge in [0.05, 0.1) is 11.1 Å². The van der Waals surface area contributed by atoms with Crippen LogP contribution in [0.1, 0.15) is 46.0 Å². The number of allylic oxidation sites excluding steroid dienone is 2. The zero-order valence-corrected chi connectivity index (χ0v) is 11.9. The third kappa shape index (κ3) is 2.57. The zero-order valence-electron chi connectivity index (χ0n) is 11.9. The summed E-state index contributed by atoms with van der Waals surface area (Å²) in [4.78, 5) is 23.2. The Labute approximate surface area is 118 Å². The summed E-state index contributed by atoms with van der Waals surface area (Å²) < 4.78 is 0. The van der Waals surface area contributed by atoms with E-state index in [0.717, 1.165) is 32.1 Å². The molecule has 1 fully saturated rings. The van der Waals surface area contributed by atoms with Crippen molar-refractivity contribution in [3.8, 4) is 0 Å². The average molecular weight is 279 g/mol. The highest BCUT2D eigenvalue weighted by Gasteiger charge is 2.40. The molecule has 0 bridgehead atoms. The molecule has 0 radical (unpaired) electrons. The number of hydrogen-bond acceptors (Lipinski definition) is 3. The molecule has 2 rings (SSSR count). The van der Waals surface area contributed by atoms with Crippen LogP contribution in [0.3, 0.4) is 0 Å². The van der Waals surface area contributed by atoms with Crippen LogP contribution in [-0.2, 0) is 9.59 Å². The summed E-state index contributed by atoms with van der Waals surface area (Å²) in [5.74, 6) is -2.41. The minimum atomic E-state index is -1.02. The summed E-state index contributed by atoms with van der Waals surface area (Å²) >= 11 is 0. The fraction of sp³-hybridized carbons (Fsp3) is 0.600. The first-order chi connectivity index (χ1) is 9.43. The highest BCUT2D eigenvalue weighted by Crippen LogP contribution is 2.41. The van der Waals surface area contributed by atoms with E-state index in [1.54, 1.807) is 13.8 Å². The molecular formula is C15H21NO4. The first-order valence-electron chi connectivity index (χ1n) is 7.08. The van der Waals surface area contributed by atoms with Crippen LogP contribution in [0.4, 0.5) is 0 Å². The summed E-state index contributed by atoms with van der Waals surface area (Å²) in [5, 5.41) is 21.9. The number of carbonyl (C=O) groups is 2. The van der Waals surface area contributed by atoms with Gasteiger partial charge >= 0.3 is 11.9 Å². The van der Waals surface area contributed by atoms with Gasteiger partial charge in [0.2, 0.25) is 0 Å². The van der Waals surface area contributed by atoms with Crippen molar-refractivity contribution >= 4 is 11.9 Å². The van der Waals surface area contributed by atoms with Gasteiger partial charge in [-0.2, -0.15) is 0 Å². The third-order valence-electron chi connectivity index (χ3n) is 4.39. The summed E-state index contributed by atoms with van der Waals surface area (Å²) in [6.07, 6.45) is 5.05. The number of dihydropyridines is 1. The monoisotopic (exact) mass is 279 g/mol. The molecule has 0 unspecified atom stereocenters. The van der Waals surface area contributed by atoms with Crippen molar-refractivity contribution in [3.63, 3.8) is 0 Å². The van der Waals surface area contributed by atoms with Crippen LogP contribution in [0.5, 0.6) is 0 Å². The molecule has 2 aliphatic rings. The molecule has 0 aromatic rings. The number of aliphatic carboxylic acids is 2. The lowest BCUT2D eigenvalue weighted by atomic mass is 9.71. The Kier molecular flexibility index (Phi) is 4.16. The molecule has 1 aliphatic heterocycles. The molecule has 5 heteroatoms. The van der Waals surface area contributed by atoms with Crippen LogP contribution >= 0.6 is 0 Å². The van der Waals surface area contributed by atoms with Crippen molar-refractivity contribution in [3.05, 3.63) is 22.5 Å². The van der Waals surface area contributed by atoms with E-state index in [9.17, 15) is 19.8 Å². The molecule has 0 aromatic heterocycles. The normalized spacial score (nSPS) is 21.9. The Bertz CT molecular complexity index is 462. The van der Waals surface area contributed by atoms with Gasteiger partial charge in [-0.15, -0.1) is 0 Å². The predicted octanol–water partition coefficient (Wildman–Crippen LogP) is 2.50. The van der Waals surface area contributed by atoms with Crippen molar-refractivity contribution in [2.45, 2.75) is 46.0 Å². The highest BCUT2D eigenvalue weighted by atomic mass is 16.4. The Morgan fingerprint density at radius 1 is 0.950 bits per heavy atom. The second-order valence-electron chi connectivity index (χ2n) is 5.69. The number of hydrogen-bond donors (Lipinski definition) is 3. The van der Waals surface area contributed by atoms with Gasteiger partial charge in [0.25, 0.3) is 0 Å². The van der Waals surface area contributed by atoms with E-state index in [2.05, 4.69) is 5.32 Å². The highest BCUT2D eigenvalue weighted by molar-refractivity contribution is 5.96. The first kappa shape index (κ1) is 14.6. The number of nitrogens with one attached hydrogen (secondary N) is 1. The van der Waals surface area contributed by atoms with Gasteiger partial charge in [-0.3, -0.25) is 0 Å². The topological polar surface area (TPSA) is 86.6 Å². The second kappa shape index (κ2) is 5.69. The van der Waals surface area contributed by atoms with Crippen LogP contribution in [0.15, 0.2) is 22.5 Å². The van der Waals surface area contributed by atoms with Crippen molar-refractivity contribution in [1.82, 2.24) is 5.32 Å². The minimum absolute atomic E-state index is 0.118. The van der Waals surface area contributed by atoms with E-state index in [1.165, 1.54) is 0 Å². The van der Waals surface area contributed by atoms with Crippen molar-refractivity contribution < 1.29 is 19.8 Å². The third-order valence-corrected chi connectivity index (χ3v) is 4.39. The fourth-order valence-electron chi connectivity index (χ4n) is 3.55. The summed E-state index contributed by atoms with van der Waals surface area (Å²) in [6.45, 7) is 3.42. The molecule has 0 saturated heterocycles. The minimum Gasteiger partial charge on any atom is -0.478 e. The van der Waals surface area contributed by atoms with E-state index in [-0.39, 0.29) is 17.1 Å². The standard InChI is InChI=1S/C15H21NO4/c1-8-11(14(17)18)13(10-6-4-3-5-7-10)12(15(19)20)9(2)16-8/h10,13,16H,3-7H2,1-2H3,(H,17,18)(H,19,20). The maximum atomic E-state index is 11.6. The van der Waals surface area contributed by atoms with E-state index in [1.807, 2.05) is 0 Å². The van der Waals surface area contributed by atoms with E-state index < -0.39 is 17.9 Å². The van der Waals surface area contributed by atoms with E-state index in [4.69, 9.17) is 0 Å². The molecule has 1 aliphatic carbocycles.